The highest BCUT2D eigenvalue weighted by Gasteiger charge is 2.17. The minimum atomic E-state index is -3.65. The Balaban J connectivity index is 3.08. The van der Waals surface area contributed by atoms with Crippen molar-refractivity contribution in [2.75, 3.05) is 6.61 Å². The monoisotopic (exact) mass is 226 g/mol. The molecule has 0 N–H and O–H groups in total. The Kier molecular flexibility index (Phi) is 2.98. The molecular weight excluding hydrogens is 220 g/mol. The van der Waals surface area contributed by atoms with Crippen molar-refractivity contribution in [1.29, 1.82) is 0 Å². The topological polar surface area (TPSA) is 43.4 Å². The van der Waals surface area contributed by atoms with Gasteiger partial charge in [0.15, 0.2) is 0 Å². The van der Waals surface area contributed by atoms with E-state index >= 15 is 0 Å². The lowest BCUT2D eigenvalue weighted by molar-refractivity contribution is 0.333. The van der Waals surface area contributed by atoms with Crippen LogP contribution in [0.3, 0.4) is 0 Å². The molecule has 0 aliphatic carbocycles. The van der Waals surface area contributed by atoms with Crippen molar-refractivity contribution >= 4 is 31.1 Å². The first-order chi connectivity index (χ1) is 5.55. The summed E-state index contributed by atoms with van der Waals surface area (Å²) in [5.41, 5.74) is 0. The van der Waals surface area contributed by atoms with E-state index in [0.29, 0.717) is 12.4 Å². The maximum Gasteiger partial charge on any atom is 0.265 e. The summed E-state index contributed by atoms with van der Waals surface area (Å²) < 4.78 is 26.8. The number of hydrogen-bond acceptors (Lipinski definition) is 4. The zero-order valence-electron chi connectivity index (χ0n) is 6.28. The molecule has 0 amide bonds. The Labute approximate surface area is 79.3 Å². The van der Waals surface area contributed by atoms with Gasteiger partial charge in [0, 0.05) is 21.4 Å². The first-order valence-corrected chi connectivity index (χ1v) is 6.44. The standard InChI is InChI=1S/C6H7ClO3S2/c1-2-10-5-3-11-4-6(5)12(7,8)9/h3-4H,2H2,1H3. The molecule has 1 heterocycles. The van der Waals surface area contributed by atoms with Gasteiger partial charge in [-0.2, -0.15) is 0 Å². The summed E-state index contributed by atoms with van der Waals surface area (Å²) in [6.07, 6.45) is 0. The zero-order valence-corrected chi connectivity index (χ0v) is 8.67. The van der Waals surface area contributed by atoms with E-state index in [9.17, 15) is 8.42 Å². The lowest BCUT2D eigenvalue weighted by Gasteiger charge is -2.00. The van der Waals surface area contributed by atoms with Crippen LogP contribution < -0.4 is 4.74 Å². The minimum Gasteiger partial charge on any atom is -0.492 e. The molecule has 6 heteroatoms. The van der Waals surface area contributed by atoms with Crippen LogP contribution >= 0.6 is 22.0 Å². The fourth-order valence-electron chi connectivity index (χ4n) is 0.712. The summed E-state index contributed by atoms with van der Waals surface area (Å²) in [6, 6.07) is 0. The van der Waals surface area contributed by atoms with Gasteiger partial charge in [0.1, 0.15) is 10.6 Å². The Morgan fingerprint density at radius 2 is 2.25 bits per heavy atom. The average Bonchev–Trinajstić information content (AvgIpc) is 2.34. The van der Waals surface area contributed by atoms with Crippen molar-refractivity contribution in [1.82, 2.24) is 0 Å². The van der Waals surface area contributed by atoms with Crippen molar-refractivity contribution in [3.63, 3.8) is 0 Å². The second kappa shape index (κ2) is 3.64. The third kappa shape index (κ3) is 2.12. The molecule has 0 unspecified atom stereocenters. The van der Waals surface area contributed by atoms with Gasteiger partial charge in [-0.25, -0.2) is 8.42 Å². The van der Waals surface area contributed by atoms with Gasteiger partial charge in [-0.15, -0.1) is 11.3 Å². The van der Waals surface area contributed by atoms with E-state index in [1.165, 1.54) is 16.7 Å². The third-order valence-electron chi connectivity index (χ3n) is 1.16. The largest absolute Gasteiger partial charge is 0.492 e. The summed E-state index contributed by atoms with van der Waals surface area (Å²) in [7, 11) is 1.48. The molecule has 1 rings (SSSR count). The van der Waals surface area contributed by atoms with E-state index in [4.69, 9.17) is 15.4 Å². The normalized spacial score (nSPS) is 11.5. The second-order valence-corrected chi connectivity index (χ2v) is 5.25. The van der Waals surface area contributed by atoms with Gasteiger partial charge in [0.2, 0.25) is 0 Å². The molecule has 0 spiro atoms. The van der Waals surface area contributed by atoms with Gasteiger partial charge in [-0.05, 0) is 6.92 Å². The van der Waals surface area contributed by atoms with Crippen LogP contribution in [0.25, 0.3) is 0 Å². The van der Waals surface area contributed by atoms with Crippen LogP contribution in [-0.4, -0.2) is 15.0 Å². The number of halogens is 1. The molecule has 1 aromatic rings. The van der Waals surface area contributed by atoms with Gasteiger partial charge in [0.05, 0.1) is 6.61 Å². The van der Waals surface area contributed by atoms with Crippen molar-refractivity contribution in [3.8, 4) is 5.75 Å². The predicted molar refractivity (Wildman–Crippen MR) is 48.5 cm³/mol. The average molecular weight is 227 g/mol. The highest BCUT2D eigenvalue weighted by molar-refractivity contribution is 8.13. The Morgan fingerprint density at radius 1 is 1.58 bits per heavy atom. The molecule has 0 aromatic carbocycles. The minimum absolute atomic E-state index is 0.0519. The van der Waals surface area contributed by atoms with Gasteiger partial charge < -0.3 is 4.74 Å². The second-order valence-electron chi connectivity index (χ2n) is 1.97. The summed E-state index contributed by atoms with van der Waals surface area (Å²) in [6.45, 7) is 2.21. The van der Waals surface area contributed by atoms with Crippen LogP contribution in [0, 0.1) is 0 Å². The van der Waals surface area contributed by atoms with Gasteiger partial charge in [-0.3, -0.25) is 0 Å². The van der Waals surface area contributed by atoms with Gasteiger partial charge in [0.25, 0.3) is 9.05 Å². The number of thiophene rings is 1. The van der Waals surface area contributed by atoms with E-state index in [2.05, 4.69) is 0 Å². The summed E-state index contributed by atoms with van der Waals surface area (Å²) in [5.74, 6) is 0.331. The lowest BCUT2D eigenvalue weighted by atomic mass is 10.6. The first-order valence-electron chi connectivity index (χ1n) is 3.19. The lowest BCUT2D eigenvalue weighted by Crippen LogP contribution is -1.95. The molecule has 0 bridgehead atoms. The molecule has 0 saturated carbocycles. The molecule has 0 aliphatic rings. The van der Waals surface area contributed by atoms with Crippen molar-refractivity contribution in [3.05, 3.63) is 10.8 Å². The van der Waals surface area contributed by atoms with Crippen LogP contribution in [0.5, 0.6) is 5.75 Å². The van der Waals surface area contributed by atoms with Crippen molar-refractivity contribution < 1.29 is 13.2 Å². The Bertz CT molecular complexity index is 355. The highest BCUT2D eigenvalue weighted by Crippen LogP contribution is 2.30. The van der Waals surface area contributed by atoms with E-state index in [1.54, 1.807) is 12.3 Å². The smallest absolute Gasteiger partial charge is 0.265 e. The molecule has 0 saturated heterocycles. The molecule has 1 aromatic heterocycles. The molecule has 0 radical (unpaired) electrons. The molecule has 0 atom stereocenters. The fourth-order valence-corrected chi connectivity index (χ4v) is 2.95. The van der Waals surface area contributed by atoms with E-state index in [-0.39, 0.29) is 4.90 Å². The predicted octanol–water partition coefficient (Wildman–Crippen LogP) is 2.07. The van der Waals surface area contributed by atoms with Crippen molar-refractivity contribution in [2.24, 2.45) is 0 Å². The quantitative estimate of drug-likeness (QED) is 0.742. The molecule has 0 aliphatic heterocycles. The molecule has 0 fully saturated rings. The van der Waals surface area contributed by atoms with Gasteiger partial charge >= 0.3 is 0 Å². The summed E-state index contributed by atoms with van der Waals surface area (Å²) in [5, 5.41) is 3.06. The van der Waals surface area contributed by atoms with Crippen LogP contribution in [0.4, 0.5) is 0 Å². The van der Waals surface area contributed by atoms with E-state index in [1.807, 2.05) is 0 Å². The van der Waals surface area contributed by atoms with E-state index in [0.717, 1.165) is 0 Å². The SMILES string of the molecule is CCOc1cscc1S(=O)(=O)Cl. The van der Waals surface area contributed by atoms with Crippen LogP contribution in [-0.2, 0) is 9.05 Å². The third-order valence-corrected chi connectivity index (χ3v) is 3.37. The fraction of sp³-hybridized carbons (Fsp3) is 0.333. The summed E-state index contributed by atoms with van der Waals surface area (Å²) >= 11 is 1.24. The van der Waals surface area contributed by atoms with Crippen LogP contribution in [0.2, 0.25) is 0 Å². The maximum atomic E-state index is 10.9. The number of hydrogen-bond donors (Lipinski definition) is 0. The van der Waals surface area contributed by atoms with Crippen molar-refractivity contribution in [2.45, 2.75) is 11.8 Å². The Hall–Kier alpha value is -0.260. The first kappa shape index (κ1) is 9.83. The maximum absolute atomic E-state index is 10.9. The highest BCUT2D eigenvalue weighted by atomic mass is 35.7. The summed E-state index contributed by atoms with van der Waals surface area (Å²) in [4.78, 5) is 0.0519. The molecule has 3 nitrogen and oxygen atoms in total. The van der Waals surface area contributed by atoms with Crippen LogP contribution in [0.15, 0.2) is 15.7 Å². The Morgan fingerprint density at radius 3 is 2.75 bits per heavy atom. The number of rotatable bonds is 3. The zero-order chi connectivity index (χ0) is 9.19. The van der Waals surface area contributed by atoms with E-state index < -0.39 is 9.05 Å². The molecule has 68 valence electrons. The molecular formula is C6H7ClO3S2. The molecule has 12 heavy (non-hydrogen) atoms. The van der Waals surface area contributed by atoms with Gasteiger partial charge in [-0.1, -0.05) is 0 Å². The number of ether oxygens (including phenoxy) is 1. The van der Waals surface area contributed by atoms with Crippen LogP contribution in [0.1, 0.15) is 6.92 Å².